The fourth-order valence-electron chi connectivity index (χ4n) is 9.15. The molecule has 2 N–H and O–H groups in total. The Labute approximate surface area is 308 Å². The van der Waals surface area contributed by atoms with Gasteiger partial charge in [-0.1, -0.05) is 31.4 Å². The summed E-state index contributed by atoms with van der Waals surface area (Å²) in [6, 6.07) is 2.86. The van der Waals surface area contributed by atoms with Crippen LogP contribution < -0.4 is 10.1 Å². The molecule has 282 valence electrons. The number of likely N-dealkylation sites (N-methyl/N-ethyl adjacent to an activating group) is 1. The largest absolute Gasteiger partial charge is 0.461 e. The number of fused-ring (bicyclic) bond motifs is 2. The maximum absolute atomic E-state index is 17.0. The number of anilines is 1. The minimum atomic E-state index is -1.03. The molecule has 1 amide bonds. The number of carbonyl (C=O) groups is 1. The van der Waals surface area contributed by atoms with E-state index in [1.165, 1.54) is 18.3 Å². The number of rotatable bonds is 10. The van der Waals surface area contributed by atoms with Crippen molar-refractivity contribution in [3.63, 3.8) is 0 Å². The monoisotopic (exact) mass is 732 g/mol. The van der Waals surface area contributed by atoms with Gasteiger partial charge in [0.25, 0.3) is 0 Å². The van der Waals surface area contributed by atoms with Gasteiger partial charge in [-0.25, -0.2) is 13.2 Å². The average molecular weight is 733 g/mol. The zero-order valence-corrected chi connectivity index (χ0v) is 30.3. The van der Waals surface area contributed by atoms with Gasteiger partial charge in [0.05, 0.1) is 33.8 Å². The van der Waals surface area contributed by atoms with Gasteiger partial charge in [0.1, 0.15) is 29.9 Å². The van der Waals surface area contributed by atoms with Gasteiger partial charge < -0.3 is 24.8 Å². The van der Waals surface area contributed by atoms with Crippen LogP contribution >= 0.6 is 0 Å². The van der Waals surface area contributed by atoms with Crippen molar-refractivity contribution in [2.24, 2.45) is 0 Å². The first-order chi connectivity index (χ1) is 25.5. The Morgan fingerprint density at radius 1 is 1.26 bits per heavy atom. The second-order valence-corrected chi connectivity index (χ2v) is 15.3. The number of ether oxygens (including phenoxy) is 2. The fourth-order valence-corrected chi connectivity index (χ4v) is 9.15. The molecule has 4 heterocycles. The number of benzene rings is 1. The van der Waals surface area contributed by atoms with Gasteiger partial charge in [-0.15, -0.1) is 6.42 Å². The summed E-state index contributed by atoms with van der Waals surface area (Å²) in [4.78, 5) is 30.5. The molecule has 3 aromatic rings. The lowest BCUT2D eigenvalue weighted by Crippen LogP contribution is -2.52. The van der Waals surface area contributed by atoms with Crippen molar-refractivity contribution in [2.45, 2.75) is 100 Å². The minimum absolute atomic E-state index is 0.0138. The van der Waals surface area contributed by atoms with Crippen molar-refractivity contribution < 1.29 is 32.5 Å². The Morgan fingerprint density at radius 3 is 2.74 bits per heavy atom. The highest BCUT2D eigenvalue weighted by Crippen LogP contribution is 2.42. The summed E-state index contributed by atoms with van der Waals surface area (Å²) in [5, 5.41) is 14.5. The average Bonchev–Trinajstić information content (AvgIpc) is 3.77. The lowest BCUT2D eigenvalue weighted by Gasteiger charge is -2.41. The number of aromatic nitrogens is 3. The highest BCUT2D eigenvalue weighted by atomic mass is 19.1. The first kappa shape index (κ1) is 37.1. The number of nitrogens with zero attached hydrogens (tertiary/aromatic N) is 5. The predicted octanol–water partition coefficient (Wildman–Crippen LogP) is 5.45. The summed E-state index contributed by atoms with van der Waals surface area (Å²) in [6.45, 7) is 7.51. The van der Waals surface area contributed by atoms with Gasteiger partial charge in [0.15, 0.2) is 5.82 Å². The summed E-state index contributed by atoms with van der Waals surface area (Å²) in [7, 11) is 1.76. The lowest BCUT2D eigenvalue weighted by molar-refractivity contribution is -0.129. The molecule has 1 saturated carbocycles. The molecule has 13 heteroatoms. The highest BCUT2D eigenvalue weighted by molar-refractivity contribution is 5.90. The van der Waals surface area contributed by atoms with Crippen molar-refractivity contribution >= 4 is 22.6 Å². The van der Waals surface area contributed by atoms with E-state index in [9.17, 15) is 14.3 Å². The SMILES string of the molecule is C#Cc1c(F)ccc2c1[C@@H](c1ncc3c(NCC4(N(C)C(=O)C=C)CCCC4)nc(OC[C@]4(C)C[C@@H](F)CN4C4CCOCC4)nc3c1F)C[C@H](O)C2. The number of pyridine rings is 1. The summed E-state index contributed by atoms with van der Waals surface area (Å²) >= 11 is 0. The molecular formula is C40H47F3N6O4. The van der Waals surface area contributed by atoms with E-state index in [1.54, 1.807) is 18.0 Å². The van der Waals surface area contributed by atoms with Crippen molar-refractivity contribution in [3.8, 4) is 18.4 Å². The normalized spacial score (nSPS) is 25.9. The molecule has 0 spiro atoms. The molecule has 1 aromatic carbocycles. The smallest absolute Gasteiger partial charge is 0.319 e. The zero-order valence-electron chi connectivity index (χ0n) is 30.3. The molecule has 3 fully saturated rings. The van der Waals surface area contributed by atoms with Crippen LogP contribution in [0.15, 0.2) is 31.0 Å². The number of halogens is 3. The van der Waals surface area contributed by atoms with E-state index in [2.05, 4.69) is 32.7 Å². The molecule has 0 bridgehead atoms. The minimum Gasteiger partial charge on any atom is -0.461 e. The zero-order chi connectivity index (χ0) is 37.5. The molecule has 2 aromatic heterocycles. The predicted molar refractivity (Wildman–Crippen MR) is 194 cm³/mol. The van der Waals surface area contributed by atoms with Crippen LogP contribution in [0.3, 0.4) is 0 Å². The van der Waals surface area contributed by atoms with Gasteiger partial charge in [-0.2, -0.15) is 9.97 Å². The van der Waals surface area contributed by atoms with Crippen molar-refractivity contribution in [1.82, 2.24) is 24.8 Å². The second kappa shape index (κ2) is 14.9. The summed E-state index contributed by atoms with van der Waals surface area (Å²) in [6.07, 6.45) is 12.2. The van der Waals surface area contributed by atoms with Gasteiger partial charge in [0.2, 0.25) is 5.91 Å². The molecule has 4 aliphatic rings. The van der Waals surface area contributed by atoms with Crippen LogP contribution in [0.25, 0.3) is 10.9 Å². The Morgan fingerprint density at radius 2 is 2.02 bits per heavy atom. The molecule has 53 heavy (non-hydrogen) atoms. The number of hydrogen-bond acceptors (Lipinski definition) is 9. The van der Waals surface area contributed by atoms with Gasteiger partial charge in [0, 0.05) is 57.9 Å². The molecular weight excluding hydrogens is 685 g/mol. The number of aliphatic hydroxyl groups excluding tert-OH is 1. The number of carbonyl (C=O) groups excluding carboxylic acids is 1. The van der Waals surface area contributed by atoms with Gasteiger partial charge in [-0.05, 0) is 68.7 Å². The summed E-state index contributed by atoms with van der Waals surface area (Å²) in [5.74, 6) is 0.254. The topological polar surface area (TPSA) is 113 Å². The van der Waals surface area contributed by atoms with E-state index in [-0.39, 0.29) is 78.4 Å². The molecule has 4 atom stereocenters. The van der Waals surface area contributed by atoms with Crippen LogP contribution in [-0.4, -0.2) is 105 Å². The van der Waals surface area contributed by atoms with E-state index < -0.39 is 40.9 Å². The van der Waals surface area contributed by atoms with Crippen LogP contribution in [0, 0.1) is 24.0 Å². The summed E-state index contributed by atoms with van der Waals surface area (Å²) < 4.78 is 58.9. The van der Waals surface area contributed by atoms with E-state index in [0.717, 1.165) is 38.5 Å². The quantitative estimate of drug-likeness (QED) is 0.208. The highest BCUT2D eigenvalue weighted by Gasteiger charge is 2.47. The van der Waals surface area contributed by atoms with Crippen LogP contribution in [0.1, 0.15) is 86.6 Å². The van der Waals surface area contributed by atoms with E-state index in [4.69, 9.17) is 20.9 Å². The molecule has 10 nitrogen and oxygen atoms in total. The lowest BCUT2D eigenvalue weighted by atomic mass is 9.77. The van der Waals surface area contributed by atoms with E-state index in [1.807, 2.05) is 6.92 Å². The van der Waals surface area contributed by atoms with Crippen molar-refractivity contribution in [3.05, 3.63) is 65.0 Å². The third kappa shape index (κ3) is 6.97. The fraction of sp³-hybridized carbons (Fsp3) is 0.550. The number of amides is 1. The number of nitrogens with one attached hydrogen (secondary N) is 1. The number of aliphatic hydroxyl groups is 1. The Kier molecular flexibility index (Phi) is 10.4. The molecule has 2 aliphatic heterocycles. The molecule has 2 saturated heterocycles. The van der Waals surface area contributed by atoms with E-state index >= 15 is 8.78 Å². The molecule has 0 unspecified atom stereocenters. The van der Waals surface area contributed by atoms with Crippen LogP contribution in [0.4, 0.5) is 19.0 Å². The molecule has 7 rings (SSSR count). The van der Waals surface area contributed by atoms with Crippen LogP contribution in [0.5, 0.6) is 6.01 Å². The van der Waals surface area contributed by atoms with E-state index in [0.29, 0.717) is 30.9 Å². The second-order valence-electron chi connectivity index (χ2n) is 15.3. The molecule has 0 radical (unpaired) electrons. The van der Waals surface area contributed by atoms with Crippen LogP contribution in [0.2, 0.25) is 0 Å². The maximum Gasteiger partial charge on any atom is 0.319 e. The third-order valence-electron chi connectivity index (χ3n) is 12.0. The Balaban J connectivity index is 1.29. The number of alkyl halides is 1. The van der Waals surface area contributed by atoms with Crippen molar-refractivity contribution in [1.29, 1.82) is 0 Å². The third-order valence-corrected chi connectivity index (χ3v) is 12.0. The standard InChI is InChI=1S/C40H47F3N6O4/c1-5-28-31(42)10-9-24-17-27(50)18-29(33(24)28)35-34(43)36-30(20-44-35)37(45-22-40(13-7-8-14-40)48(4)32(51)6-2)47-38(46-36)53-23-39(3)19-25(41)21-49(39)26-11-15-52-16-12-26/h1,6,9-10,20,25-27,29,50H,2,7-8,11-19,21-23H2,3-4H3,(H,45,46,47)/t25-,27-,29+,39+/m1/s1. The maximum atomic E-state index is 17.0. The van der Waals surface area contributed by atoms with Gasteiger partial charge in [-0.3, -0.25) is 14.7 Å². The molecule has 2 aliphatic carbocycles. The number of terminal acetylenes is 1. The number of hydrogen-bond donors (Lipinski definition) is 2. The Bertz CT molecular complexity index is 1930. The van der Waals surface area contributed by atoms with Gasteiger partial charge >= 0.3 is 6.01 Å². The van der Waals surface area contributed by atoms with Crippen molar-refractivity contribution in [2.75, 3.05) is 45.3 Å². The first-order valence-electron chi connectivity index (χ1n) is 18.5. The number of likely N-dealkylation sites (tertiary alicyclic amines) is 1. The Hall–Kier alpha value is -4.25. The van der Waals surface area contributed by atoms with Crippen LogP contribution in [-0.2, 0) is 16.0 Å². The summed E-state index contributed by atoms with van der Waals surface area (Å²) in [5.41, 5.74) is -0.260. The first-order valence-corrected chi connectivity index (χ1v) is 18.5.